The van der Waals surface area contributed by atoms with Crippen LogP contribution in [0.25, 0.3) is 0 Å². The normalized spacial score (nSPS) is 16.7. The van der Waals surface area contributed by atoms with Gasteiger partial charge in [0.05, 0.1) is 6.61 Å². The highest BCUT2D eigenvalue weighted by atomic mass is 16.5. The molecule has 0 atom stereocenters. The van der Waals surface area contributed by atoms with Crippen LogP contribution in [0.5, 0.6) is 5.75 Å². The minimum absolute atomic E-state index is 0.0597. The van der Waals surface area contributed by atoms with Crippen LogP contribution in [0, 0.1) is 0 Å². The van der Waals surface area contributed by atoms with Gasteiger partial charge < -0.3 is 19.5 Å². The maximum atomic E-state index is 12.4. The molecular formula is C16H23NO4. The van der Waals surface area contributed by atoms with Gasteiger partial charge in [0.1, 0.15) is 18.0 Å². The number of anilines is 1. The Bertz CT molecular complexity index is 452. The summed E-state index contributed by atoms with van der Waals surface area (Å²) in [5, 5.41) is 2.93. The molecule has 0 heterocycles. The summed E-state index contributed by atoms with van der Waals surface area (Å²) in [6.07, 6.45) is 3.64. The molecule has 1 aromatic carbocycles. The van der Waals surface area contributed by atoms with E-state index in [9.17, 15) is 4.79 Å². The number of benzene rings is 1. The molecule has 1 aliphatic rings. The lowest BCUT2D eigenvalue weighted by molar-refractivity contribution is -0.136. The molecule has 21 heavy (non-hydrogen) atoms. The second-order valence-electron chi connectivity index (χ2n) is 5.23. The van der Waals surface area contributed by atoms with Crippen molar-refractivity contribution in [3.05, 3.63) is 24.3 Å². The molecule has 2 rings (SSSR count). The Balaban J connectivity index is 1.92. The molecule has 0 aromatic heterocycles. The molecular weight excluding hydrogens is 270 g/mol. The number of ether oxygens (including phenoxy) is 3. The van der Waals surface area contributed by atoms with Gasteiger partial charge in [0.2, 0.25) is 0 Å². The summed E-state index contributed by atoms with van der Waals surface area (Å²) in [6.45, 7) is 1.06. The van der Waals surface area contributed by atoms with Gasteiger partial charge in [-0.25, -0.2) is 0 Å². The van der Waals surface area contributed by atoms with Crippen LogP contribution in [-0.2, 0) is 14.3 Å². The number of amides is 1. The highest BCUT2D eigenvalue weighted by Gasteiger charge is 2.41. The summed E-state index contributed by atoms with van der Waals surface area (Å²) >= 11 is 0. The fourth-order valence-corrected chi connectivity index (χ4v) is 2.59. The van der Waals surface area contributed by atoms with Crippen LogP contribution in [0.3, 0.4) is 0 Å². The molecule has 5 nitrogen and oxygen atoms in total. The van der Waals surface area contributed by atoms with Gasteiger partial charge in [0, 0.05) is 19.9 Å². The SMILES string of the molecule is COCCOc1ccc(NC(=O)C2(OC)CCCC2)cc1. The fraction of sp³-hybridized carbons (Fsp3) is 0.562. The lowest BCUT2D eigenvalue weighted by atomic mass is 10.0. The van der Waals surface area contributed by atoms with Gasteiger partial charge >= 0.3 is 0 Å². The third-order valence-electron chi connectivity index (χ3n) is 3.88. The van der Waals surface area contributed by atoms with Crippen LogP contribution in [-0.4, -0.2) is 38.9 Å². The Morgan fingerprint density at radius 3 is 2.38 bits per heavy atom. The second-order valence-corrected chi connectivity index (χ2v) is 5.23. The first-order valence-corrected chi connectivity index (χ1v) is 7.28. The first-order chi connectivity index (χ1) is 10.2. The fourth-order valence-electron chi connectivity index (χ4n) is 2.59. The zero-order valence-electron chi connectivity index (χ0n) is 12.7. The van der Waals surface area contributed by atoms with E-state index in [0.717, 1.165) is 37.1 Å². The van der Waals surface area contributed by atoms with Crippen molar-refractivity contribution < 1.29 is 19.0 Å². The first-order valence-electron chi connectivity index (χ1n) is 7.28. The number of hydrogen-bond acceptors (Lipinski definition) is 4. The molecule has 1 aromatic rings. The molecule has 116 valence electrons. The smallest absolute Gasteiger partial charge is 0.256 e. The van der Waals surface area contributed by atoms with Crippen molar-refractivity contribution in [3.8, 4) is 5.75 Å². The van der Waals surface area contributed by atoms with E-state index in [0.29, 0.717) is 13.2 Å². The van der Waals surface area contributed by atoms with Crippen molar-refractivity contribution in [2.75, 3.05) is 32.8 Å². The molecule has 0 radical (unpaired) electrons. The molecule has 1 amide bonds. The van der Waals surface area contributed by atoms with E-state index in [1.165, 1.54) is 0 Å². The highest BCUT2D eigenvalue weighted by molar-refractivity contribution is 5.97. The number of methoxy groups -OCH3 is 2. The minimum atomic E-state index is -0.659. The largest absolute Gasteiger partial charge is 0.491 e. The Labute approximate surface area is 125 Å². The van der Waals surface area contributed by atoms with Crippen molar-refractivity contribution in [2.45, 2.75) is 31.3 Å². The van der Waals surface area contributed by atoms with Crippen LogP contribution in [0.4, 0.5) is 5.69 Å². The van der Waals surface area contributed by atoms with Gasteiger partial charge in [-0.2, -0.15) is 0 Å². The quantitative estimate of drug-likeness (QED) is 0.785. The predicted molar refractivity (Wildman–Crippen MR) is 80.7 cm³/mol. The van der Waals surface area contributed by atoms with Crippen LogP contribution >= 0.6 is 0 Å². The van der Waals surface area contributed by atoms with Crippen molar-refractivity contribution >= 4 is 11.6 Å². The molecule has 0 spiro atoms. The summed E-state index contributed by atoms with van der Waals surface area (Å²) in [6, 6.07) is 7.33. The van der Waals surface area contributed by atoms with Crippen LogP contribution in [0.15, 0.2) is 24.3 Å². The molecule has 1 N–H and O–H groups in total. The van der Waals surface area contributed by atoms with Crippen LogP contribution in [0.1, 0.15) is 25.7 Å². The average Bonchev–Trinajstić information content (AvgIpc) is 2.99. The van der Waals surface area contributed by atoms with E-state index >= 15 is 0 Å². The lowest BCUT2D eigenvalue weighted by Crippen LogP contribution is -2.42. The molecule has 1 aliphatic carbocycles. The van der Waals surface area contributed by atoms with Crippen molar-refractivity contribution in [3.63, 3.8) is 0 Å². The Kier molecular flexibility index (Phi) is 5.59. The third kappa shape index (κ3) is 3.95. The Morgan fingerprint density at radius 2 is 1.81 bits per heavy atom. The van der Waals surface area contributed by atoms with Crippen LogP contribution in [0.2, 0.25) is 0 Å². The van der Waals surface area contributed by atoms with E-state index < -0.39 is 5.60 Å². The van der Waals surface area contributed by atoms with E-state index in [4.69, 9.17) is 14.2 Å². The first kappa shape index (κ1) is 15.8. The molecule has 0 aliphatic heterocycles. The maximum Gasteiger partial charge on any atom is 0.256 e. The molecule has 0 saturated heterocycles. The molecule has 0 unspecified atom stereocenters. The zero-order chi connectivity index (χ0) is 15.1. The number of hydrogen-bond donors (Lipinski definition) is 1. The van der Waals surface area contributed by atoms with Crippen LogP contribution < -0.4 is 10.1 Å². The van der Waals surface area contributed by atoms with Gasteiger partial charge in [-0.05, 0) is 49.9 Å². The summed E-state index contributed by atoms with van der Waals surface area (Å²) in [5.74, 6) is 0.697. The predicted octanol–water partition coefficient (Wildman–Crippen LogP) is 2.61. The topological polar surface area (TPSA) is 56.8 Å². The zero-order valence-corrected chi connectivity index (χ0v) is 12.7. The monoisotopic (exact) mass is 293 g/mol. The molecule has 1 fully saturated rings. The van der Waals surface area contributed by atoms with Crippen molar-refractivity contribution in [1.82, 2.24) is 0 Å². The van der Waals surface area contributed by atoms with Gasteiger partial charge in [-0.1, -0.05) is 0 Å². The minimum Gasteiger partial charge on any atom is -0.491 e. The van der Waals surface area contributed by atoms with Gasteiger partial charge in [0.25, 0.3) is 5.91 Å². The number of carbonyl (C=O) groups excluding carboxylic acids is 1. The number of nitrogens with one attached hydrogen (secondary N) is 1. The Morgan fingerprint density at radius 1 is 1.14 bits per heavy atom. The summed E-state index contributed by atoms with van der Waals surface area (Å²) in [5.41, 5.74) is 0.0931. The number of rotatable bonds is 7. The summed E-state index contributed by atoms with van der Waals surface area (Å²) in [7, 11) is 3.24. The van der Waals surface area contributed by atoms with Crippen molar-refractivity contribution in [1.29, 1.82) is 0 Å². The van der Waals surface area contributed by atoms with E-state index in [1.54, 1.807) is 14.2 Å². The van der Waals surface area contributed by atoms with Crippen molar-refractivity contribution in [2.24, 2.45) is 0 Å². The summed E-state index contributed by atoms with van der Waals surface area (Å²) in [4.78, 5) is 12.4. The molecule has 5 heteroatoms. The maximum absolute atomic E-state index is 12.4. The average molecular weight is 293 g/mol. The molecule has 0 bridgehead atoms. The van der Waals surface area contributed by atoms with Gasteiger partial charge in [-0.3, -0.25) is 4.79 Å². The second kappa shape index (κ2) is 7.43. The summed E-state index contributed by atoms with van der Waals surface area (Å²) < 4.78 is 15.9. The van der Waals surface area contributed by atoms with Gasteiger partial charge in [-0.15, -0.1) is 0 Å². The lowest BCUT2D eigenvalue weighted by Gasteiger charge is -2.25. The molecule has 1 saturated carbocycles. The Hall–Kier alpha value is -1.59. The standard InChI is InChI=1S/C16H23NO4/c1-19-11-12-21-14-7-5-13(6-8-14)17-15(18)16(20-2)9-3-4-10-16/h5-8H,3-4,9-12H2,1-2H3,(H,17,18). The highest BCUT2D eigenvalue weighted by Crippen LogP contribution is 2.33. The third-order valence-corrected chi connectivity index (χ3v) is 3.88. The van der Waals surface area contributed by atoms with E-state index in [-0.39, 0.29) is 5.91 Å². The van der Waals surface area contributed by atoms with E-state index in [2.05, 4.69) is 5.32 Å². The number of carbonyl (C=O) groups is 1. The van der Waals surface area contributed by atoms with Gasteiger partial charge in [0.15, 0.2) is 0 Å². The van der Waals surface area contributed by atoms with E-state index in [1.807, 2.05) is 24.3 Å².